The van der Waals surface area contributed by atoms with Crippen molar-refractivity contribution in [2.75, 3.05) is 5.32 Å². The van der Waals surface area contributed by atoms with E-state index in [0.717, 1.165) is 11.3 Å². The van der Waals surface area contributed by atoms with Gasteiger partial charge in [-0.25, -0.2) is 9.18 Å². The van der Waals surface area contributed by atoms with Crippen molar-refractivity contribution in [3.63, 3.8) is 0 Å². The van der Waals surface area contributed by atoms with Crippen molar-refractivity contribution in [3.05, 3.63) is 64.4 Å². The topological polar surface area (TPSA) is 64.3 Å². The van der Waals surface area contributed by atoms with Gasteiger partial charge in [-0.15, -0.1) is 0 Å². The largest absolute Gasteiger partial charge is 0.442 e. The van der Waals surface area contributed by atoms with E-state index in [4.69, 9.17) is 22.1 Å². The lowest BCUT2D eigenvalue weighted by atomic mass is 10.1. The van der Waals surface area contributed by atoms with Gasteiger partial charge in [0.25, 0.3) is 0 Å². The van der Waals surface area contributed by atoms with E-state index in [1.54, 1.807) is 31.2 Å². The van der Waals surface area contributed by atoms with Crippen LogP contribution in [0.25, 0.3) is 0 Å². The number of benzene rings is 2. The molecule has 0 saturated carbocycles. The number of carbonyl (C=O) groups is 1. The Morgan fingerprint density at radius 3 is 2.59 bits per heavy atom. The molecule has 2 rings (SSSR count). The van der Waals surface area contributed by atoms with Crippen LogP contribution in [0.5, 0.6) is 0 Å². The monoisotopic (exact) mass is 322 g/mol. The second-order valence-corrected chi connectivity index (χ2v) is 5.20. The van der Waals surface area contributed by atoms with Crippen molar-refractivity contribution in [3.8, 4) is 0 Å². The summed E-state index contributed by atoms with van der Waals surface area (Å²) >= 11 is 6.19. The van der Waals surface area contributed by atoms with Crippen molar-refractivity contribution in [1.82, 2.24) is 0 Å². The maximum absolute atomic E-state index is 12.8. The first kappa shape index (κ1) is 16.1. The highest BCUT2D eigenvalue weighted by molar-refractivity contribution is 6.31. The fourth-order valence-corrected chi connectivity index (χ4v) is 2.35. The molecule has 0 bridgehead atoms. The molecule has 0 heterocycles. The van der Waals surface area contributed by atoms with Crippen LogP contribution in [0.15, 0.2) is 42.5 Å². The maximum atomic E-state index is 12.8. The predicted octanol–water partition coefficient (Wildman–Crippen LogP) is 4.25. The zero-order chi connectivity index (χ0) is 16.1. The number of rotatable bonds is 5. The van der Waals surface area contributed by atoms with Gasteiger partial charge in [0.05, 0.1) is 0 Å². The summed E-state index contributed by atoms with van der Waals surface area (Å²) in [5, 5.41) is 3.66. The molecule has 2 aromatic carbocycles. The van der Waals surface area contributed by atoms with Crippen molar-refractivity contribution in [2.24, 2.45) is 5.73 Å². The Morgan fingerprint density at radius 1 is 1.32 bits per heavy atom. The van der Waals surface area contributed by atoms with Gasteiger partial charge in [-0.1, -0.05) is 29.8 Å². The number of anilines is 1. The molecule has 2 aromatic rings. The van der Waals surface area contributed by atoms with E-state index in [1.165, 1.54) is 12.1 Å². The van der Waals surface area contributed by atoms with E-state index < -0.39 is 12.2 Å². The van der Waals surface area contributed by atoms with Gasteiger partial charge < -0.3 is 15.8 Å². The standard InChI is InChI=1S/C16H16ClFN2O2/c1-10(22-16(19)21)14-7-6-13(8-15(14)17)20-9-11-2-4-12(18)5-3-11/h2-8,10,20H,9H2,1H3,(H2,19,21). The minimum atomic E-state index is -0.845. The van der Waals surface area contributed by atoms with Gasteiger partial charge in [0, 0.05) is 22.8 Å². The molecule has 3 N–H and O–H groups in total. The number of halogens is 2. The molecule has 0 radical (unpaired) electrons. The lowest BCUT2D eigenvalue weighted by Crippen LogP contribution is -2.15. The van der Waals surface area contributed by atoms with E-state index in [9.17, 15) is 9.18 Å². The number of carbonyl (C=O) groups excluding carboxylic acids is 1. The van der Waals surface area contributed by atoms with Crippen LogP contribution in [0.4, 0.5) is 14.9 Å². The molecule has 0 saturated heterocycles. The average Bonchev–Trinajstić information content (AvgIpc) is 2.46. The van der Waals surface area contributed by atoms with Crippen LogP contribution in [0, 0.1) is 5.82 Å². The Morgan fingerprint density at radius 2 is 2.00 bits per heavy atom. The van der Waals surface area contributed by atoms with E-state index >= 15 is 0 Å². The van der Waals surface area contributed by atoms with Crippen LogP contribution < -0.4 is 11.1 Å². The smallest absolute Gasteiger partial charge is 0.405 e. The summed E-state index contributed by atoms with van der Waals surface area (Å²) in [4.78, 5) is 10.8. The minimum absolute atomic E-state index is 0.264. The summed E-state index contributed by atoms with van der Waals surface area (Å²) in [6.07, 6.45) is -1.36. The van der Waals surface area contributed by atoms with Crippen molar-refractivity contribution in [1.29, 1.82) is 0 Å². The highest BCUT2D eigenvalue weighted by Gasteiger charge is 2.13. The molecule has 22 heavy (non-hydrogen) atoms. The SMILES string of the molecule is CC(OC(N)=O)c1ccc(NCc2ccc(F)cc2)cc1Cl. The highest BCUT2D eigenvalue weighted by atomic mass is 35.5. The second kappa shape index (κ2) is 7.13. The predicted molar refractivity (Wildman–Crippen MR) is 84.3 cm³/mol. The Balaban J connectivity index is 2.02. The van der Waals surface area contributed by atoms with Gasteiger partial charge in [0.1, 0.15) is 11.9 Å². The number of hydrogen-bond donors (Lipinski definition) is 2. The molecule has 1 unspecified atom stereocenters. The lowest BCUT2D eigenvalue weighted by molar-refractivity contribution is 0.116. The van der Waals surface area contributed by atoms with Gasteiger partial charge in [0.15, 0.2) is 0 Å². The molecule has 4 nitrogen and oxygen atoms in total. The number of nitrogens with one attached hydrogen (secondary N) is 1. The molecule has 0 aliphatic heterocycles. The fourth-order valence-electron chi connectivity index (χ4n) is 2.01. The average molecular weight is 323 g/mol. The Labute approximate surface area is 133 Å². The summed E-state index contributed by atoms with van der Waals surface area (Å²) in [6.45, 7) is 2.24. The molecule has 0 spiro atoms. The summed E-state index contributed by atoms with van der Waals surface area (Å²) in [7, 11) is 0. The van der Waals surface area contributed by atoms with E-state index in [0.29, 0.717) is 17.1 Å². The number of ether oxygens (including phenoxy) is 1. The lowest BCUT2D eigenvalue weighted by Gasteiger charge is -2.15. The Kier molecular flexibility index (Phi) is 5.22. The minimum Gasteiger partial charge on any atom is -0.442 e. The first-order valence-electron chi connectivity index (χ1n) is 6.69. The third-order valence-electron chi connectivity index (χ3n) is 3.14. The van der Waals surface area contributed by atoms with E-state index in [1.807, 2.05) is 6.07 Å². The van der Waals surface area contributed by atoms with E-state index in [2.05, 4.69) is 5.32 Å². The summed E-state index contributed by atoms with van der Waals surface area (Å²) in [5.41, 5.74) is 7.42. The normalized spacial score (nSPS) is 11.8. The molecule has 116 valence electrons. The van der Waals surface area contributed by atoms with Crippen molar-refractivity contribution >= 4 is 23.4 Å². The van der Waals surface area contributed by atoms with Crippen molar-refractivity contribution in [2.45, 2.75) is 19.6 Å². The molecule has 0 aliphatic rings. The van der Waals surface area contributed by atoms with Crippen LogP contribution in [-0.2, 0) is 11.3 Å². The fraction of sp³-hybridized carbons (Fsp3) is 0.188. The van der Waals surface area contributed by atoms with Gasteiger partial charge in [0.2, 0.25) is 0 Å². The first-order valence-corrected chi connectivity index (χ1v) is 7.07. The molecule has 6 heteroatoms. The van der Waals surface area contributed by atoms with Gasteiger partial charge in [-0.3, -0.25) is 0 Å². The molecule has 0 aliphatic carbocycles. The molecular formula is C16H16ClFN2O2. The van der Waals surface area contributed by atoms with Crippen molar-refractivity contribution < 1.29 is 13.9 Å². The zero-order valence-electron chi connectivity index (χ0n) is 12.0. The second-order valence-electron chi connectivity index (χ2n) is 4.80. The van der Waals surface area contributed by atoms with Crippen LogP contribution in [0.2, 0.25) is 5.02 Å². The first-order chi connectivity index (χ1) is 10.5. The quantitative estimate of drug-likeness (QED) is 0.865. The van der Waals surface area contributed by atoms with Crippen LogP contribution >= 0.6 is 11.6 Å². The summed E-state index contributed by atoms with van der Waals surface area (Å²) in [5.74, 6) is -0.264. The van der Waals surface area contributed by atoms with E-state index in [-0.39, 0.29) is 5.82 Å². The number of primary amides is 1. The third-order valence-corrected chi connectivity index (χ3v) is 3.47. The summed E-state index contributed by atoms with van der Waals surface area (Å²) < 4.78 is 17.7. The Hall–Kier alpha value is -2.27. The molecule has 0 fully saturated rings. The van der Waals surface area contributed by atoms with Crippen LogP contribution in [0.1, 0.15) is 24.2 Å². The highest BCUT2D eigenvalue weighted by Crippen LogP contribution is 2.28. The maximum Gasteiger partial charge on any atom is 0.405 e. The summed E-state index contributed by atoms with van der Waals surface area (Å²) in [6, 6.07) is 11.6. The van der Waals surface area contributed by atoms with Crippen LogP contribution in [-0.4, -0.2) is 6.09 Å². The van der Waals surface area contributed by atoms with Gasteiger partial charge in [-0.05, 0) is 36.8 Å². The molecule has 1 atom stereocenters. The number of amides is 1. The Bertz CT molecular complexity index is 662. The molecule has 0 aromatic heterocycles. The van der Waals surface area contributed by atoms with Gasteiger partial charge in [-0.2, -0.15) is 0 Å². The number of nitrogens with two attached hydrogens (primary N) is 1. The van der Waals surface area contributed by atoms with Crippen LogP contribution in [0.3, 0.4) is 0 Å². The van der Waals surface area contributed by atoms with Gasteiger partial charge >= 0.3 is 6.09 Å². The molecular weight excluding hydrogens is 307 g/mol. The zero-order valence-corrected chi connectivity index (χ0v) is 12.7. The third kappa shape index (κ3) is 4.36. The molecule has 1 amide bonds. The number of hydrogen-bond acceptors (Lipinski definition) is 3.